The number of aromatic hydroxyl groups is 1. The smallest absolute Gasteiger partial charge is 0.332 e. The third-order valence-electron chi connectivity index (χ3n) is 2.26. The zero-order valence-corrected chi connectivity index (χ0v) is 9.22. The predicted molar refractivity (Wildman–Crippen MR) is 59.5 cm³/mol. The van der Waals surface area contributed by atoms with Gasteiger partial charge in [0.25, 0.3) is 0 Å². The van der Waals surface area contributed by atoms with Crippen LogP contribution in [0.15, 0.2) is 24.3 Å². The number of aryl methyl sites for hydroxylation is 1. The van der Waals surface area contributed by atoms with E-state index in [0.717, 1.165) is 18.4 Å². The van der Waals surface area contributed by atoms with Crippen molar-refractivity contribution >= 4 is 5.97 Å². The summed E-state index contributed by atoms with van der Waals surface area (Å²) in [5, 5.41) is 17.6. The van der Waals surface area contributed by atoms with Gasteiger partial charge in [-0.3, -0.25) is 0 Å². The van der Waals surface area contributed by atoms with E-state index in [4.69, 9.17) is 14.9 Å². The zero-order chi connectivity index (χ0) is 12.0. The molecule has 0 saturated heterocycles. The lowest BCUT2D eigenvalue weighted by Crippen LogP contribution is -2.20. The Labute approximate surface area is 94.5 Å². The van der Waals surface area contributed by atoms with Gasteiger partial charge in [0.15, 0.2) is 6.10 Å². The molecule has 0 aliphatic rings. The highest BCUT2D eigenvalue weighted by Crippen LogP contribution is 2.11. The summed E-state index contributed by atoms with van der Waals surface area (Å²) < 4.78 is 5.10. The molecular weight excluding hydrogens is 208 g/mol. The van der Waals surface area contributed by atoms with Crippen LogP contribution in [-0.2, 0) is 16.0 Å². The van der Waals surface area contributed by atoms with Crippen LogP contribution in [0.25, 0.3) is 0 Å². The average molecular weight is 224 g/mol. The van der Waals surface area contributed by atoms with E-state index in [9.17, 15) is 4.79 Å². The van der Waals surface area contributed by atoms with Crippen LogP contribution in [0.3, 0.4) is 0 Å². The molecule has 0 radical (unpaired) electrons. The molecule has 1 aromatic carbocycles. The highest BCUT2D eigenvalue weighted by molar-refractivity contribution is 5.71. The van der Waals surface area contributed by atoms with Gasteiger partial charge in [0.1, 0.15) is 5.75 Å². The topological polar surface area (TPSA) is 66.8 Å². The minimum absolute atomic E-state index is 0.250. The van der Waals surface area contributed by atoms with Crippen LogP contribution in [0.4, 0.5) is 0 Å². The van der Waals surface area contributed by atoms with Gasteiger partial charge < -0.3 is 14.9 Å². The Hall–Kier alpha value is -1.55. The number of phenols is 1. The molecule has 88 valence electrons. The van der Waals surface area contributed by atoms with E-state index in [0.29, 0.717) is 6.61 Å². The van der Waals surface area contributed by atoms with E-state index < -0.39 is 12.1 Å². The fourth-order valence-electron chi connectivity index (χ4n) is 1.27. The number of benzene rings is 1. The molecular formula is C12H16O4. The third kappa shape index (κ3) is 4.31. The molecule has 4 nitrogen and oxygen atoms in total. The van der Waals surface area contributed by atoms with Gasteiger partial charge in [0.05, 0.1) is 0 Å². The number of hydrogen-bond donors (Lipinski definition) is 2. The summed E-state index contributed by atoms with van der Waals surface area (Å²) in [6, 6.07) is 6.96. The standard InChI is InChI=1S/C12H16O4/c1-9(12(14)15)16-8-2-3-10-4-6-11(13)7-5-10/h4-7,9,13H,2-3,8H2,1H3,(H,14,15). The zero-order valence-electron chi connectivity index (χ0n) is 9.22. The van der Waals surface area contributed by atoms with Crippen molar-refractivity contribution in [2.75, 3.05) is 6.61 Å². The SMILES string of the molecule is CC(OCCCc1ccc(O)cc1)C(=O)O. The first kappa shape index (κ1) is 12.5. The molecule has 4 heteroatoms. The Kier molecular flexibility index (Phi) is 4.79. The monoisotopic (exact) mass is 224 g/mol. The van der Waals surface area contributed by atoms with E-state index in [-0.39, 0.29) is 5.75 Å². The van der Waals surface area contributed by atoms with Crippen LogP contribution >= 0.6 is 0 Å². The van der Waals surface area contributed by atoms with Crippen LogP contribution in [-0.4, -0.2) is 28.9 Å². The van der Waals surface area contributed by atoms with Crippen LogP contribution < -0.4 is 0 Å². The second kappa shape index (κ2) is 6.12. The van der Waals surface area contributed by atoms with Crippen molar-refractivity contribution in [3.63, 3.8) is 0 Å². The molecule has 1 unspecified atom stereocenters. The van der Waals surface area contributed by atoms with Crippen molar-refractivity contribution in [2.45, 2.75) is 25.9 Å². The van der Waals surface area contributed by atoms with Gasteiger partial charge >= 0.3 is 5.97 Å². The van der Waals surface area contributed by atoms with E-state index in [1.807, 2.05) is 12.1 Å². The molecule has 0 saturated carbocycles. The largest absolute Gasteiger partial charge is 0.508 e. The predicted octanol–water partition coefficient (Wildman–Crippen LogP) is 1.81. The third-order valence-corrected chi connectivity index (χ3v) is 2.26. The first-order chi connectivity index (χ1) is 7.59. The summed E-state index contributed by atoms with van der Waals surface area (Å²) in [7, 11) is 0. The minimum Gasteiger partial charge on any atom is -0.508 e. The summed E-state index contributed by atoms with van der Waals surface area (Å²) in [4.78, 5) is 10.4. The van der Waals surface area contributed by atoms with Crippen molar-refractivity contribution in [3.05, 3.63) is 29.8 Å². The quantitative estimate of drug-likeness (QED) is 0.723. The van der Waals surface area contributed by atoms with E-state index >= 15 is 0 Å². The number of phenolic OH excluding ortho intramolecular Hbond substituents is 1. The molecule has 0 amide bonds. The molecule has 0 aliphatic carbocycles. The molecule has 1 atom stereocenters. The summed E-state index contributed by atoms with van der Waals surface area (Å²) >= 11 is 0. The Morgan fingerprint density at radius 1 is 1.38 bits per heavy atom. The van der Waals surface area contributed by atoms with Gasteiger partial charge in [-0.25, -0.2) is 4.79 Å². The normalized spacial score (nSPS) is 12.3. The number of carbonyl (C=O) groups is 1. The Morgan fingerprint density at radius 3 is 2.56 bits per heavy atom. The lowest BCUT2D eigenvalue weighted by Gasteiger charge is -2.08. The second-order valence-corrected chi connectivity index (χ2v) is 3.62. The van der Waals surface area contributed by atoms with Crippen molar-refractivity contribution in [1.29, 1.82) is 0 Å². The maximum Gasteiger partial charge on any atom is 0.332 e. The number of carboxylic acids is 1. The molecule has 0 spiro atoms. The minimum atomic E-state index is -0.940. The van der Waals surface area contributed by atoms with Gasteiger partial charge in [0.2, 0.25) is 0 Å². The van der Waals surface area contributed by atoms with Crippen LogP contribution in [0, 0.1) is 0 Å². The molecule has 0 aromatic heterocycles. The lowest BCUT2D eigenvalue weighted by atomic mass is 10.1. The molecule has 2 N–H and O–H groups in total. The van der Waals surface area contributed by atoms with E-state index in [1.165, 1.54) is 6.92 Å². The summed E-state index contributed by atoms with van der Waals surface area (Å²) in [5.74, 6) is -0.691. The number of hydrogen-bond acceptors (Lipinski definition) is 3. The molecule has 0 aliphatic heterocycles. The molecule has 0 bridgehead atoms. The van der Waals surface area contributed by atoms with Gasteiger partial charge in [-0.05, 0) is 37.5 Å². The van der Waals surface area contributed by atoms with Gasteiger partial charge in [0, 0.05) is 6.61 Å². The summed E-state index contributed by atoms with van der Waals surface area (Å²) in [5.41, 5.74) is 1.10. The highest BCUT2D eigenvalue weighted by Gasteiger charge is 2.09. The van der Waals surface area contributed by atoms with Crippen molar-refractivity contribution in [3.8, 4) is 5.75 Å². The Bertz CT molecular complexity index is 331. The fraction of sp³-hybridized carbons (Fsp3) is 0.417. The van der Waals surface area contributed by atoms with Crippen LogP contribution in [0.5, 0.6) is 5.75 Å². The number of ether oxygens (including phenoxy) is 1. The lowest BCUT2D eigenvalue weighted by molar-refractivity contribution is -0.149. The van der Waals surface area contributed by atoms with Gasteiger partial charge in [-0.1, -0.05) is 12.1 Å². The molecule has 1 rings (SSSR count). The molecule has 0 fully saturated rings. The van der Waals surface area contributed by atoms with Gasteiger partial charge in [-0.2, -0.15) is 0 Å². The maximum atomic E-state index is 10.4. The Morgan fingerprint density at radius 2 is 2.00 bits per heavy atom. The number of rotatable bonds is 6. The highest BCUT2D eigenvalue weighted by atomic mass is 16.5. The number of carboxylic acid groups (broad SMARTS) is 1. The fourth-order valence-corrected chi connectivity index (χ4v) is 1.27. The first-order valence-corrected chi connectivity index (χ1v) is 5.22. The summed E-state index contributed by atoms with van der Waals surface area (Å²) in [6.07, 6.45) is 0.828. The van der Waals surface area contributed by atoms with Crippen LogP contribution in [0.1, 0.15) is 18.9 Å². The summed E-state index contributed by atoms with van der Waals surface area (Å²) in [6.45, 7) is 1.94. The Balaban J connectivity index is 2.21. The molecule has 0 heterocycles. The van der Waals surface area contributed by atoms with E-state index in [2.05, 4.69) is 0 Å². The first-order valence-electron chi connectivity index (χ1n) is 5.22. The van der Waals surface area contributed by atoms with Crippen molar-refractivity contribution in [2.24, 2.45) is 0 Å². The molecule has 1 aromatic rings. The van der Waals surface area contributed by atoms with Crippen molar-refractivity contribution < 1.29 is 19.7 Å². The van der Waals surface area contributed by atoms with E-state index in [1.54, 1.807) is 12.1 Å². The molecule has 16 heavy (non-hydrogen) atoms. The van der Waals surface area contributed by atoms with Crippen molar-refractivity contribution in [1.82, 2.24) is 0 Å². The van der Waals surface area contributed by atoms with Crippen LogP contribution in [0.2, 0.25) is 0 Å². The maximum absolute atomic E-state index is 10.4. The second-order valence-electron chi connectivity index (χ2n) is 3.62. The average Bonchev–Trinajstić information content (AvgIpc) is 2.26. The number of aliphatic carboxylic acids is 1. The van der Waals surface area contributed by atoms with Gasteiger partial charge in [-0.15, -0.1) is 0 Å².